The van der Waals surface area contributed by atoms with Crippen LogP contribution in [0.15, 0.2) is 147 Å². The molecule has 40 heavy (non-hydrogen) atoms. The summed E-state index contributed by atoms with van der Waals surface area (Å²) >= 11 is 1.73. The standard InChI is InChI=1S/C34H28N4OS/c1-26(36-38(30-14-7-3-8-15-30)31-16-9-4-10-17-31)34-23-28-22-27(19-20-33(28)39-34)24-35-37(25-32-18-11-21-40-32)29-12-5-2-6-13-29/h2-24H,25H2,1H3/b35-24+,36-26+. The number of hydrazone groups is 2. The number of hydrogen-bond acceptors (Lipinski definition) is 6. The van der Waals surface area contributed by atoms with E-state index >= 15 is 0 Å². The SMILES string of the molecule is C/C(=N\N(c1ccccc1)c1ccccc1)c1cc2cc(/C=N/N(Cc3cccs3)c3ccccc3)ccc2o1. The van der Waals surface area contributed by atoms with Crippen LogP contribution >= 0.6 is 11.3 Å². The highest BCUT2D eigenvalue weighted by atomic mass is 32.1. The van der Waals surface area contributed by atoms with E-state index in [2.05, 4.69) is 35.7 Å². The van der Waals surface area contributed by atoms with Crippen molar-refractivity contribution >= 4 is 51.3 Å². The van der Waals surface area contributed by atoms with Gasteiger partial charge in [-0.2, -0.15) is 10.2 Å². The van der Waals surface area contributed by atoms with Gasteiger partial charge in [0.25, 0.3) is 0 Å². The van der Waals surface area contributed by atoms with E-state index in [4.69, 9.17) is 14.6 Å². The number of hydrogen-bond donors (Lipinski definition) is 0. The maximum Gasteiger partial charge on any atom is 0.151 e. The average molecular weight is 541 g/mol. The van der Waals surface area contributed by atoms with Gasteiger partial charge in [0, 0.05) is 10.3 Å². The third kappa shape index (κ3) is 5.87. The molecule has 5 nitrogen and oxygen atoms in total. The molecule has 2 aromatic heterocycles. The highest BCUT2D eigenvalue weighted by Gasteiger charge is 2.13. The molecule has 0 unspecified atom stereocenters. The Labute approximate surface area is 237 Å². The molecule has 0 saturated carbocycles. The molecule has 0 N–H and O–H groups in total. The van der Waals surface area contributed by atoms with Gasteiger partial charge < -0.3 is 4.42 Å². The van der Waals surface area contributed by atoms with Crippen LogP contribution < -0.4 is 10.0 Å². The third-order valence-corrected chi connectivity index (χ3v) is 7.30. The number of nitrogens with zero attached hydrogens (tertiary/aromatic N) is 4. The molecular formula is C34H28N4OS. The lowest BCUT2D eigenvalue weighted by atomic mass is 10.1. The number of fused-ring (bicyclic) bond motifs is 1. The zero-order chi connectivity index (χ0) is 27.1. The summed E-state index contributed by atoms with van der Waals surface area (Å²) in [5, 5.41) is 16.9. The molecule has 0 aliphatic heterocycles. The van der Waals surface area contributed by atoms with Gasteiger partial charge in [0.1, 0.15) is 11.3 Å². The van der Waals surface area contributed by atoms with Gasteiger partial charge in [0.2, 0.25) is 0 Å². The van der Waals surface area contributed by atoms with E-state index in [0.29, 0.717) is 6.54 Å². The predicted octanol–water partition coefficient (Wildman–Crippen LogP) is 9.10. The van der Waals surface area contributed by atoms with Gasteiger partial charge in [-0.25, -0.2) is 5.01 Å². The highest BCUT2D eigenvalue weighted by molar-refractivity contribution is 7.09. The molecule has 0 amide bonds. The lowest BCUT2D eigenvalue weighted by Gasteiger charge is -2.20. The van der Waals surface area contributed by atoms with E-state index in [-0.39, 0.29) is 0 Å². The molecule has 6 heteroatoms. The number of rotatable bonds is 9. The predicted molar refractivity (Wildman–Crippen MR) is 168 cm³/mol. The largest absolute Gasteiger partial charge is 0.455 e. The van der Waals surface area contributed by atoms with E-state index in [1.807, 2.05) is 120 Å². The Morgan fingerprint density at radius 2 is 1.40 bits per heavy atom. The monoisotopic (exact) mass is 540 g/mol. The van der Waals surface area contributed by atoms with Crippen LogP contribution in [0.25, 0.3) is 11.0 Å². The Morgan fingerprint density at radius 3 is 2.02 bits per heavy atom. The summed E-state index contributed by atoms with van der Waals surface area (Å²) in [4.78, 5) is 1.26. The summed E-state index contributed by atoms with van der Waals surface area (Å²) in [6.07, 6.45) is 1.90. The summed E-state index contributed by atoms with van der Waals surface area (Å²) in [6.45, 7) is 2.69. The Kier molecular flexibility index (Phi) is 7.51. The van der Waals surface area contributed by atoms with Gasteiger partial charge in [0.05, 0.1) is 29.8 Å². The van der Waals surface area contributed by atoms with Gasteiger partial charge in [-0.3, -0.25) is 5.01 Å². The van der Waals surface area contributed by atoms with Crippen molar-refractivity contribution in [3.05, 3.63) is 149 Å². The van der Waals surface area contributed by atoms with Crippen LogP contribution in [-0.2, 0) is 6.54 Å². The zero-order valence-electron chi connectivity index (χ0n) is 22.1. The summed E-state index contributed by atoms with van der Waals surface area (Å²) in [7, 11) is 0. The van der Waals surface area contributed by atoms with Crippen molar-refractivity contribution in [1.29, 1.82) is 0 Å². The molecular weight excluding hydrogens is 512 g/mol. The highest BCUT2D eigenvalue weighted by Crippen LogP contribution is 2.27. The molecule has 0 saturated heterocycles. The van der Waals surface area contributed by atoms with Crippen LogP contribution in [0.1, 0.15) is 23.1 Å². The van der Waals surface area contributed by atoms with Crippen molar-refractivity contribution in [1.82, 2.24) is 0 Å². The minimum absolute atomic E-state index is 0.714. The fourth-order valence-electron chi connectivity index (χ4n) is 4.41. The molecule has 0 aliphatic carbocycles. The maximum absolute atomic E-state index is 6.21. The first-order chi connectivity index (χ1) is 19.7. The lowest BCUT2D eigenvalue weighted by Crippen LogP contribution is -2.15. The molecule has 0 atom stereocenters. The van der Waals surface area contributed by atoms with Crippen LogP contribution in [0, 0.1) is 0 Å². The summed E-state index contributed by atoms with van der Waals surface area (Å²) in [6, 6.07) is 42.9. The van der Waals surface area contributed by atoms with Crippen LogP contribution in [0.3, 0.4) is 0 Å². The molecule has 0 radical (unpaired) electrons. The van der Waals surface area contributed by atoms with Gasteiger partial charge in [-0.05, 0) is 84.6 Å². The minimum Gasteiger partial charge on any atom is -0.455 e. The van der Waals surface area contributed by atoms with E-state index in [1.54, 1.807) is 11.3 Å². The van der Waals surface area contributed by atoms with E-state index in [1.165, 1.54) is 4.88 Å². The zero-order valence-corrected chi connectivity index (χ0v) is 22.9. The molecule has 0 spiro atoms. The van der Waals surface area contributed by atoms with Crippen molar-refractivity contribution in [2.24, 2.45) is 10.2 Å². The molecule has 4 aromatic carbocycles. The third-order valence-electron chi connectivity index (χ3n) is 6.43. The molecule has 0 fully saturated rings. The van der Waals surface area contributed by atoms with Gasteiger partial charge in [-0.15, -0.1) is 11.3 Å². The Balaban J connectivity index is 1.28. The average Bonchev–Trinajstić information content (AvgIpc) is 3.69. The summed E-state index contributed by atoms with van der Waals surface area (Å²) in [5.41, 5.74) is 5.60. The first-order valence-corrected chi connectivity index (χ1v) is 14.0. The molecule has 2 heterocycles. The second-order valence-electron chi connectivity index (χ2n) is 9.29. The van der Waals surface area contributed by atoms with Crippen molar-refractivity contribution < 1.29 is 4.42 Å². The van der Waals surface area contributed by atoms with Crippen LogP contribution in [0.2, 0.25) is 0 Å². The Bertz CT molecular complexity index is 1690. The van der Waals surface area contributed by atoms with E-state index in [9.17, 15) is 0 Å². The maximum atomic E-state index is 6.21. The van der Waals surface area contributed by atoms with Gasteiger partial charge >= 0.3 is 0 Å². The molecule has 6 aromatic rings. The van der Waals surface area contributed by atoms with Gasteiger partial charge in [-0.1, -0.05) is 60.7 Å². The Hall–Kier alpha value is -4.94. The lowest BCUT2D eigenvalue weighted by molar-refractivity contribution is 0.604. The van der Waals surface area contributed by atoms with Crippen molar-refractivity contribution in [3.63, 3.8) is 0 Å². The topological polar surface area (TPSA) is 44.3 Å². The quantitative estimate of drug-likeness (QED) is 0.136. The number of anilines is 3. The second-order valence-corrected chi connectivity index (χ2v) is 10.3. The number of thiophene rings is 1. The molecule has 0 aliphatic rings. The van der Waals surface area contributed by atoms with Crippen molar-refractivity contribution in [2.75, 3.05) is 10.0 Å². The molecule has 0 bridgehead atoms. The number of furan rings is 1. The summed E-state index contributed by atoms with van der Waals surface area (Å²) < 4.78 is 6.21. The minimum atomic E-state index is 0.714. The first-order valence-electron chi connectivity index (χ1n) is 13.1. The number of benzene rings is 4. The fraction of sp³-hybridized carbons (Fsp3) is 0.0588. The van der Waals surface area contributed by atoms with Crippen LogP contribution in [-0.4, -0.2) is 11.9 Å². The van der Waals surface area contributed by atoms with E-state index < -0.39 is 0 Å². The number of para-hydroxylation sites is 3. The fourth-order valence-corrected chi connectivity index (χ4v) is 5.09. The first kappa shape index (κ1) is 25.3. The Morgan fingerprint density at radius 1 is 0.750 bits per heavy atom. The van der Waals surface area contributed by atoms with Crippen LogP contribution in [0.5, 0.6) is 0 Å². The van der Waals surface area contributed by atoms with E-state index in [0.717, 1.165) is 45.1 Å². The van der Waals surface area contributed by atoms with Crippen molar-refractivity contribution in [3.8, 4) is 0 Å². The smallest absolute Gasteiger partial charge is 0.151 e. The van der Waals surface area contributed by atoms with Crippen LogP contribution in [0.4, 0.5) is 17.1 Å². The second kappa shape index (κ2) is 11.8. The molecule has 196 valence electrons. The normalized spacial score (nSPS) is 11.8. The van der Waals surface area contributed by atoms with Crippen molar-refractivity contribution in [2.45, 2.75) is 13.5 Å². The van der Waals surface area contributed by atoms with Gasteiger partial charge in [0.15, 0.2) is 5.76 Å². The summed E-state index contributed by atoms with van der Waals surface area (Å²) in [5.74, 6) is 0.726. The molecule has 6 rings (SSSR count).